The van der Waals surface area contributed by atoms with Crippen molar-refractivity contribution in [3.63, 3.8) is 0 Å². The van der Waals surface area contributed by atoms with E-state index >= 15 is 0 Å². The lowest BCUT2D eigenvalue weighted by Gasteiger charge is -2.22. The van der Waals surface area contributed by atoms with Gasteiger partial charge in [-0.3, -0.25) is 10.00 Å². The first-order valence-corrected chi connectivity index (χ1v) is 11.0. The number of nitrogens with one attached hydrogen (secondary N) is 3. The third-order valence-electron chi connectivity index (χ3n) is 4.70. The first kappa shape index (κ1) is 22.2. The molecule has 1 aliphatic carbocycles. The van der Waals surface area contributed by atoms with Crippen LogP contribution in [0.5, 0.6) is 0 Å². The molecule has 158 valence electrons. The van der Waals surface area contributed by atoms with Gasteiger partial charge in [0.1, 0.15) is 0 Å². The molecule has 1 aromatic heterocycles. The molecule has 1 aromatic rings. The highest BCUT2D eigenvalue weighted by molar-refractivity contribution is 7.89. The number of anilines is 1. The van der Waals surface area contributed by atoms with Crippen LogP contribution in [0.15, 0.2) is 12.3 Å². The summed E-state index contributed by atoms with van der Waals surface area (Å²) in [6.07, 6.45) is 6.48. The van der Waals surface area contributed by atoms with Crippen LogP contribution in [0, 0.1) is 0 Å². The lowest BCUT2D eigenvalue weighted by molar-refractivity contribution is -0.150. The van der Waals surface area contributed by atoms with Crippen molar-refractivity contribution in [3.8, 4) is 0 Å². The van der Waals surface area contributed by atoms with Gasteiger partial charge >= 0.3 is 12.0 Å². The molecule has 0 bridgehead atoms. The van der Waals surface area contributed by atoms with Crippen molar-refractivity contribution in [1.82, 2.24) is 19.8 Å². The number of carbonyl (C=O) groups is 2. The second-order valence-electron chi connectivity index (χ2n) is 7.35. The first-order chi connectivity index (χ1) is 13.1. The van der Waals surface area contributed by atoms with Gasteiger partial charge in [0.05, 0.1) is 12.9 Å². The van der Waals surface area contributed by atoms with Crippen molar-refractivity contribution < 1.29 is 22.7 Å². The third-order valence-corrected chi connectivity index (χ3v) is 6.13. The molecule has 10 nitrogen and oxygen atoms in total. The fourth-order valence-electron chi connectivity index (χ4n) is 3.04. The van der Waals surface area contributed by atoms with E-state index in [9.17, 15) is 18.0 Å². The predicted octanol–water partition coefficient (Wildman–Crippen LogP) is 1.16. The Labute approximate surface area is 165 Å². The summed E-state index contributed by atoms with van der Waals surface area (Å²) < 4.78 is 33.0. The van der Waals surface area contributed by atoms with Crippen LogP contribution in [0.2, 0.25) is 0 Å². The van der Waals surface area contributed by atoms with E-state index in [-0.39, 0.29) is 24.2 Å². The number of hydrogen-bond acceptors (Lipinski definition) is 6. The topological polar surface area (TPSA) is 131 Å². The van der Waals surface area contributed by atoms with Crippen molar-refractivity contribution in [2.24, 2.45) is 0 Å². The Hall–Kier alpha value is -2.14. The summed E-state index contributed by atoms with van der Waals surface area (Å²) in [5, 5.41) is 9.14. The number of esters is 1. The average molecular weight is 416 g/mol. The van der Waals surface area contributed by atoms with E-state index in [1.54, 1.807) is 20.0 Å². The molecule has 0 unspecified atom stereocenters. The molecule has 2 rings (SSSR count). The van der Waals surface area contributed by atoms with E-state index in [1.807, 2.05) is 0 Å². The molecule has 1 heterocycles. The van der Waals surface area contributed by atoms with E-state index in [0.717, 1.165) is 32.1 Å². The number of hydrogen-bond donors (Lipinski definition) is 3. The summed E-state index contributed by atoms with van der Waals surface area (Å²) in [6, 6.07) is 0.953. The monoisotopic (exact) mass is 415 g/mol. The van der Waals surface area contributed by atoms with Gasteiger partial charge in [0, 0.05) is 24.8 Å². The third kappa shape index (κ3) is 6.20. The number of ether oxygens (including phenoxy) is 1. The SMILES string of the molecule is COC(=O)C(C)(C)n1ccc(NC(=O)NCCS(=O)(=O)NC2CCCCC2)n1. The summed E-state index contributed by atoms with van der Waals surface area (Å²) in [7, 11) is -2.15. The maximum absolute atomic E-state index is 12.1. The molecular formula is C17H29N5O5S. The highest BCUT2D eigenvalue weighted by Crippen LogP contribution is 2.18. The van der Waals surface area contributed by atoms with Crippen LogP contribution in [0.25, 0.3) is 0 Å². The van der Waals surface area contributed by atoms with E-state index in [1.165, 1.54) is 17.9 Å². The lowest BCUT2D eigenvalue weighted by Crippen LogP contribution is -2.41. The Morgan fingerprint density at radius 1 is 1.29 bits per heavy atom. The van der Waals surface area contributed by atoms with Crippen LogP contribution >= 0.6 is 0 Å². The van der Waals surface area contributed by atoms with Crippen LogP contribution in [-0.4, -0.2) is 55.6 Å². The zero-order valence-corrected chi connectivity index (χ0v) is 17.3. The minimum absolute atomic E-state index is 0.00490. The highest BCUT2D eigenvalue weighted by atomic mass is 32.2. The van der Waals surface area contributed by atoms with E-state index in [0.29, 0.717) is 0 Å². The number of aromatic nitrogens is 2. The standard InChI is InChI=1S/C17H29N5O5S/c1-17(2,15(23)27-3)22-11-9-14(20-22)19-16(24)18-10-12-28(25,26)21-13-7-5-4-6-8-13/h9,11,13,21H,4-8,10,12H2,1-3H3,(H2,18,19,20,24). The molecule has 0 aliphatic heterocycles. The second-order valence-corrected chi connectivity index (χ2v) is 9.22. The Morgan fingerprint density at radius 2 is 1.96 bits per heavy atom. The predicted molar refractivity (Wildman–Crippen MR) is 104 cm³/mol. The van der Waals surface area contributed by atoms with Gasteiger partial charge in [-0.2, -0.15) is 5.10 Å². The summed E-state index contributed by atoms with van der Waals surface area (Å²) in [6.45, 7) is 3.25. The fraction of sp³-hybridized carbons (Fsp3) is 0.706. The molecule has 0 spiro atoms. The van der Waals surface area contributed by atoms with Gasteiger partial charge in [0.25, 0.3) is 0 Å². The van der Waals surface area contributed by atoms with Gasteiger partial charge < -0.3 is 10.1 Å². The van der Waals surface area contributed by atoms with Gasteiger partial charge in [-0.15, -0.1) is 0 Å². The van der Waals surface area contributed by atoms with Gasteiger partial charge in [-0.25, -0.2) is 22.7 Å². The minimum Gasteiger partial charge on any atom is -0.467 e. The van der Waals surface area contributed by atoms with Crippen LogP contribution in [0.3, 0.4) is 0 Å². The van der Waals surface area contributed by atoms with Crippen LogP contribution in [0.1, 0.15) is 46.0 Å². The van der Waals surface area contributed by atoms with Crippen molar-refractivity contribution in [1.29, 1.82) is 0 Å². The quantitative estimate of drug-likeness (QED) is 0.546. The summed E-state index contributed by atoms with van der Waals surface area (Å²) in [5.41, 5.74) is -1.02. The van der Waals surface area contributed by atoms with Gasteiger partial charge in [0.2, 0.25) is 10.0 Å². The van der Waals surface area contributed by atoms with Gasteiger partial charge in [-0.1, -0.05) is 19.3 Å². The van der Waals surface area contributed by atoms with Crippen molar-refractivity contribution >= 4 is 27.8 Å². The van der Waals surface area contributed by atoms with Gasteiger partial charge in [-0.05, 0) is 26.7 Å². The smallest absolute Gasteiger partial charge is 0.333 e. The molecule has 1 aliphatic rings. The number of nitrogens with zero attached hydrogens (tertiary/aromatic N) is 2. The average Bonchev–Trinajstić information content (AvgIpc) is 3.10. The Kier molecular flexibility index (Phi) is 7.41. The maximum atomic E-state index is 12.1. The second kappa shape index (κ2) is 9.37. The lowest BCUT2D eigenvalue weighted by atomic mass is 9.96. The van der Waals surface area contributed by atoms with Crippen molar-refractivity contribution in [3.05, 3.63) is 12.3 Å². The molecule has 1 fully saturated rings. The van der Waals surface area contributed by atoms with E-state index < -0.39 is 27.6 Å². The normalized spacial score (nSPS) is 15.8. The van der Waals surface area contributed by atoms with Crippen LogP contribution in [-0.2, 0) is 25.1 Å². The molecular weight excluding hydrogens is 386 g/mol. The van der Waals surface area contributed by atoms with Gasteiger partial charge in [0.15, 0.2) is 11.4 Å². The Morgan fingerprint density at radius 3 is 2.61 bits per heavy atom. The fourth-order valence-corrected chi connectivity index (χ4v) is 4.27. The Bertz CT molecular complexity index is 784. The molecule has 0 saturated heterocycles. The van der Waals surface area contributed by atoms with Crippen LogP contribution in [0.4, 0.5) is 10.6 Å². The number of methoxy groups -OCH3 is 1. The van der Waals surface area contributed by atoms with Crippen molar-refractivity contribution in [2.75, 3.05) is 24.7 Å². The summed E-state index contributed by atoms with van der Waals surface area (Å²) >= 11 is 0. The van der Waals surface area contributed by atoms with Crippen molar-refractivity contribution in [2.45, 2.75) is 57.5 Å². The molecule has 0 aromatic carbocycles. The summed E-state index contributed by atoms with van der Waals surface area (Å²) in [5.74, 6) is -0.430. The van der Waals surface area contributed by atoms with E-state index in [2.05, 4.69) is 20.5 Å². The number of amides is 2. The highest BCUT2D eigenvalue weighted by Gasteiger charge is 2.31. The zero-order valence-electron chi connectivity index (χ0n) is 16.5. The number of rotatable bonds is 8. The molecule has 3 N–H and O–H groups in total. The summed E-state index contributed by atoms with van der Waals surface area (Å²) in [4.78, 5) is 23.8. The zero-order chi connectivity index (χ0) is 20.8. The minimum atomic E-state index is -3.44. The molecule has 2 amide bonds. The molecule has 1 saturated carbocycles. The first-order valence-electron chi connectivity index (χ1n) is 9.33. The number of urea groups is 1. The van der Waals surface area contributed by atoms with Crippen LogP contribution < -0.4 is 15.4 Å². The largest absolute Gasteiger partial charge is 0.467 e. The molecule has 0 radical (unpaired) electrons. The molecule has 0 atom stereocenters. The number of carbonyl (C=O) groups excluding carboxylic acids is 2. The molecule has 28 heavy (non-hydrogen) atoms. The number of sulfonamides is 1. The molecule has 11 heteroatoms. The Balaban J connectivity index is 1.79. The maximum Gasteiger partial charge on any atom is 0.333 e. The van der Waals surface area contributed by atoms with E-state index in [4.69, 9.17) is 4.74 Å².